The molecule has 2 amide bonds. The standard InChI is InChI=1S/C22H29N3O3S2/c1-2-16-8-10-18(11-9-16)25(13-12-17-6-4-3-5-7-17)22(28)24-21-23-14-20(30-21)29-15-19(26)27/h3-7,14,16,18H,2,8-13,15H2,1H3,(H,26,27)(H,23,24,28). The third kappa shape index (κ3) is 6.74. The number of hydrogen-bond donors (Lipinski definition) is 2. The van der Waals surface area contributed by atoms with E-state index in [1.165, 1.54) is 47.9 Å². The summed E-state index contributed by atoms with van der Waals surface area (Å²) in [6.45, 7) is 2.91. The van der Waals surface area contributed by atoms with Crippen LogP contribution in [0.2, 0.25) is 0 Å². The molecule has 0 unspecified atom stereocenters. The second-order valence-corrected chi connectivity index (χ2v) is 9.92. The number of thiazole rings is 1. The fourth-order valence-electron chi connectivity index (χ4n) is 3.89. The summed E-state index contributed by atoms with van der Waals surface area (Å²) in [4.78, 5) is 30.1. The highest BCUT2D eigenvalue weighted by atomic mass is 32.2. The molecule has 2 N–H and O–H groups in total. The molecular weight excluding hydrogens is 418 g/mol. The van der Waals surface area contributed by atoms with Crippen molar-refractivity contribution in [1.29, 1.82) is 0 Å². The number of benzene rings is 1. The van der Waals surface area contributed by atoms with E-state index < -0.39 is 5.97 Å². The molecule has 0 atom stereocenters. The molecule has 2 aromatic rings. The van der Waals surface area contributed by atoms with E-state index in [1.807, 2.05) is 23.1 Å². The van der Waals surface area contributed by atoms with Crippen molar-refractivity contribution in [3.63, 3.8) is 0 Å². The fourth-order valence-corrected chi connectivity index (χ4v) is 5.47. The Bertz CT molecular complexity index is 820. The van der Waals surface area contributed by atoms with Crippen molar-refractivity contribution in [2.45, 2.75) is 55.7 Å². The number of nitrogens with zero attached hydrogens (tertiary/aromatic N) is 2. The topological polar surface area (TPSA) is 82.5 Å². The van der Waals surface area contributed by atoms with Gasteiger partial charge in [-0.2, -0.15) is 0 Å². The van der Waals surface area contributed by atoms with Crippen molar-refractivity contribution in [1.82, 2.24) is 9.88 Å². The van der Waals surface area contributed by atoms with E-state index in [2.05, 4.69) is 29.4 Å². The minimum absolute atomic E-state index is 0.0144. The van der Waals surface area contributed by atoms with E-state index in [-0.39, 0.29) is 17.8 Å². The Morgan fingerprint density at radius 2 is 1.97 bits per heavy atom. The van der Waals surface area contributed by atoms with Gasteiger partial charge in [0.05, 0.1) is 16.2 Å². The van der Waals surface area contributed by atoms with Crippen molar-refractivity contribution < 1.29 is 14.7 Å². The molecule has 0 bridgehead atoms. The van der Waals surface area contributed by atoms with Gasteiger partial charge in [0.2, 0.25) is 0 Å². The number of carboxylic acids is 1. The molecule has 6 nitrogen and oxygen atoms in total. The average molecular weight is 448 g/mol. The van der Waals surface area contributed by atoms with E-state index in [0.29, 0.717) is 11.7 Å². The summed E-state index contributed by atoms with van der Waals surface area (Å²) in [6.07, 6.45) is 8.07. The Kier molecular flexibility index (Phi) is 8.57. The van der Waals surface area contributed by atoms with Crippen molar-refractivity contribution in [2.24, 2.45) is 5.92 Å². The number of carbonyl (C=O) groups is 2. The van der Waals surface area contributed by atoms with Gasteiger partial charge in [-0.3, -0.25) is 10.1 Å². The lowest BCUT2D eigenvalue weighted by Gasteiger charge is -2.36. The monoisotopic (exact) mass is 447 g/mol. The van der Waals surface area contributed by atoms with Crippen LogP contribution < -0.4 is 5.32 Å². The third-order valence-corrected chi connectivity index (χ3v) is 7.71. The lowest BCUT2D eigenvalue weighted by atomic mass is 9.84. The van der Waals surface area contributed by atoms with E-state index in [1.54, 1.807) is 6.20 Å². The molecule has 0 spiro atoms. The molecule has 30 heavy (non-hydrogen) atoms. The predicted octanol–water partition coefficient (Wildman–Crippen LogP) is 5.37. The van der Waals surface area contributed by atoms with Crippen molar-refractivity contribution in [2.75, 3.05) is 17.6 Å². The molecule has 8 heteroatoms. The minimum Gasteiger partial charge on any atom is -0.481 e. The molecule has 0 radical (unpaired) electrons. The van der Waals surface area contributed by atoms with Crippen LogP contribution in [0.4, 0.5) is 9.93 Å². The molecule has 1 aliphatic carbocycles. The molecule has 162 valence electrons. The smallest absolute Gasteiger partial charge is 0.323 e. The summed E-state index contributed by atoms with van der Waals surface area (Å²) in [7, 11) is 0. The normalized spacial score (nSPS) is 18.7. The fraction of sp³-hybridized carbons (Fsp3) is 0.500. The predicted molar refractivity (Wildman–Crippen MR) is 122 cm³/mol. The zero-order valence-electron chi connectivity index (χ0n) is 17.3. The first-order valence-corrected chi connectivity index (χ1v) is 12.3. The van der Waals surface area contributed by atoms with Gasteiger partial charge in [-0.25, -0.2) is 9.78 Å². The maximum Gasteiger partial charge on any atom is 0.323 e. The summed E-state index contributed by atoms with van der Waals surface area (Å²) >= 11 is 2.53. The zero-order chi connectivity index (χ0) is 21.3. The average Bonchev–Trinajstić information content (AvgIpc) is 3.21. The molecular formula is C22H29N3O3S2. The first kappa shape index (κ1) is 22.6. The van der Waals surface area contributed by atoms with E-state index in [4.69, 9.17) is 5.11 Å². The van der Waals surface area contributed by atoms with Crippen LogP contribution in [0.1, 0.15) is 44.6 Å². The lowest BCUT2D eigenvalue weighted by molar-refractivity contribution is -0.133. The quantitative estimate of drug-likeness (QED) is 0.505. The number of aromatic nitrogens is 1. The van der Waals surface area contributed by atoms with Gasteiger partial charge < -0.3 is 10.0 Å². The van der Waals surface area contributed by atoms with E-state index in [9.17, 15) is 9.59 Å². The number of aliphatic carboxylic acids is 1. The van der Waals surface area contributed by atoms with E-state index >= 15 is 0 Å². The number of thioether (sulfide) groups is 1. The number of anilines is 1. The maximum absolute atomic E-state index is 13.1. The Morgan fingerprint density at radius 1 is 1.23 bits per heavy atom. The highest BCUT2D eigenvalue weighted by molar-refractivity contribution is 8.01. The molecule has 0 saturated heterocycles. The number of carboxylic acid groups (broad SMARTS) is 1. The van der Waals surface area contributed by atoms with Gasteiger partial charge in [0, 0.05) is 12.6 Å². The Morgan fingerprint density at radius 3 is 2.63 bits per heavy atom. The Labute approximate surface area is 186 Å². The van der Waals surface area contributed by atoms with Crippen LogP contribution >= 0.6 is 23.1 Å². The molecule has 1 aromatic carbocycles. The van der Waals surface area contributed by atoms with Crippen molar-refractivity contribution >= 4 is 40.2 Å². The van der Waals surface area contributed by atoms with Gasteiger partial charge in [0.25, 0.3) is 0 Å². The molecule has 3 rings (SSSR count). The number of hydrogen-bond acceptors (Lipinski definition) is 5. The first-order valence-electron chi connectivity index (χ1n) is 10.5. The second-order valence-electron chi connectivity index (χ2n) is 7.61. The summed E-state index contributed by atoms with van der Waals surface area (Å²) in [5, 5.41) is 12.3. The van der Waals surface area contributed by atoms with Crippen LogP contribution in [-0.4, -0.2) is 45.3 Å². The van der Waals surface area contributed by atoms with Crippen molar-refractivity contribution in [3.05, 3.63) is 42.1 Å². The minimum atomic E-state index is -0.867. The summed E-state index contributed by atoms with van der Waals surface area (Å²) in [5.41, 5.74) is 1.22. The van der Waals surface area contributed by atoms with Crippen LogP contribution in [0.15, 0.2) is 40.7 Å². The van der Waals surface area contributed by atoms with E-state index in [0.717, 1.165) is 29.4 Å². The number of nitrogens with one attached hydrogen (secondary N) is 1. The van der Waals surface area contributed by atoms with Gasteiger partial charge in [0.15, 0.2) is 5.13 Å². The molecule has 1 saturated carbocycles. The summed E-state index contributed by atoms with van der Waals surface area (Å²) < 4.78 is 0.784. The first-order chi connectivity index (χ1) is 14.5. The summed E-state index contributed by atoms with van der Waals surface area (Å²) in [6, 6.07) is 10.4. The molecule has 1 heterocycles. The van der Waals surface area contributed by atoms with Gasteiger partial charge in [-0.1, -0.05) is 55.0 Å². The number of amides is 2. The van der Waals surface area contributed by atoms with Gasteiger partial charge in [-0.15, -0.1) is 11.8 Å². The zero-order valence-corrected chi connectivity index (χ0v) is 18.9. The third-order valence-electron chi connectivity index (χ3n) is 5.62. The molecule has 0 aliphatic heterocycles. The van der Waals surface area contributed by atoms with Crippen molar-refractivity contribution in [3.8, 4) is 0 Å². The SMILES string of the molecule is CCC1CCC(N(CCc2ccccc2)C(=O)Nc2ncc(SCC(=O)O)s2)CC1. The van der Waals surface area contributed by atoms with Gasteiger partial charge >= 0.3 is 12.0 Å². The molecule has 1 aromatic heterocycles. The maximum atomic E-state index is 13.1. The van der Waals surface area contributed by atoms with Gasteiger partial charge in [0.1, 0.15) is 0 Å². The second kappa shape index (κ2) is 11.4. The highest BCUT2D eigenvalue weighted by Gasteiger charge is 2.28. The van der Waals surface area contributed by atoms with Crippen LogP contribution in [0.5, 0.6) is 0 Å². The van der Waals surface area contributed by atoms with Crippen LogP contribution in [-0.2, 0) is 11.2 Å². The molecule has 1 fully saturated rings. The Hall–Kier alpha value is -2.06. The van der Waals surface area contributed by atoms with Crippen LogP contribution in [0.25, 0.3) is 0 Å². The molecule has 1 aliphatic rings. The number of urea groups is 1. The number of carbonyl (C=O) groups excluding carboxylic acids is 1. The Balaban J connectivity index is 1.64. The van der Waals surface area contributed by atoms with Gasteiger partial charge in [-0.05, 0) is 43.6 Å². The summed E-state index contributed by atoms with van der Waals surface area (Å²) in [5.74, 6) is -0.110. The van der Waals surface area contributed by atoms with Crippen LogP contribution in [0.3, 0.4) is 0 Å². The lowest BCUT2D eigenvalue weighted by Crippen LogP contribution is -2.45. The largest absolute Gasteiger partial charge is 0.481 e. The number of rotatable bonds is 9. The van der Waals surface area contributed by atoms with Crippen LogP contribution in [0, 0.1) is 5.92 Å². The highest BCUT2D eigenvalue weighted by Crippen LogP contribution is 2.31.